The van der Waals surface area contributed by atoms with Gasteiger partial charge in [-0.15, -0.1) is 0 Å². The van der Waals surface area contributed by atoms with E-state index in [2.05, 4.69) is 10.6 Å². The molecule has 0 aliphatic carbocycles. The van der Waals surface area contributed by atoms with E-state index in [0.717, 1.165) is 0 Å². The van der Waals surface area contributed by atoms with Gasteiger partial charge in [0.2, 0.25) is 11.8 Å². The number of hydrogen-bond donors (Lipinski definition) is 3. The molecule has 46 heavy (non-hydrogen) atoms. The van der Waals surface area contributed by atoms with Crippen LogP contribution in [0.4, 0.5) is 10.1 Å². The molecule has 11 heteroatoms. The van der Waals surface area contributed by atoms with Crippen molar-refractivity contribution < 1.29 is 28.6 Å². The number of fused-ring (bicyclic) bond motifs is 2. The van der Waals surface area contributed by atoms with Gasteiger partial charge in [0, 0.05) is 46.7 Å². The first-order valence-corrected chi connectivity index (χ1v) is 16.3. The van der Waals surface area contributed by atoms with Crippen molar-refractivity contribution in [2.75, 3.05) is 18.4 Å². The maximum absolute atomic E-state index is 14.8. The van der Waals surface area contributed by atoms with Crippen LogP contribution in [-0.2, 0) is 19.8 Å². The number of rotatable bonds is 7. The van der Waals surface area contributed by atoms with Crippen LogP contribution in [0.15, 0.2) is 54.6 Å². The summed E-state index contributed by atoms with van der Waals surface area (Å²) in [5, 5.41) is 16.9. The SMILES string of the molecule is CCC(CC)(Oc1ccc(Cl)cc1[C@@H]1CC(=O)N[C@H](c2cc(F)ccc2C)[C@@]12C(=O)Nc1cc(Cl)ccc12)C(=O)N1CC[C@@H](O)C1. The summed E-state index contributed by atoms with van der Waals surface area (Å²) in [6.07, 6.45) is 0.440. The molecule has 0 saturated carbocycles. The fourth-order valence-corrected chi connectivity index (χ4v) is 7.85. The van der Waals surface area contributed by atoms with Gasteiger partial charge in [-0.2, -0.15) is 0 Å². The van der Waals surface area contributed by atoms with Crippen molar-refractivity contribution in [3.8, 4) is 5.75 Å². The fraction of sp³-hybridized carbons (Fsp3) is 0.400. The first kappa shape index (κ1) is 32.3. The molecule has 3 aliphatic rings. The van der Waals surface area contributed by atoms with Crippen molar-refractivity contribution in [3.63, 3.8) is 0 Å². The quantitative estimate of drug-likeness (QED) is 0.278. The van der Waals surface area contributed by atoms with E-state index in [0.29, 0.717) is 69.5 Å². The first-order valence-electron chi connectivity index (χ1n) is 15.6. The number of benzene rings is 3. The summed E-state index contributed by atoms with van der Waals surface area (Å²) in [7, 11) is 0. The Morgan fingerprint density at radius 1 is 1.07 bits per heavy atom. The second-order valence-electron chi connectivity index (χ2n) is 12.5. The molecule has 0 aromatic heterocycles. The Bertz CT molecular complexity index is 1730. The summed E-state index contributed by atoms with van der Waals surface area (Å²) in [5.41, 5.74) is -0.0522. The summed E-state index contributed by atoms with van der Waals surface area (Å²) in [6.45, 7) is 6.17. The van der Waals surface area contributed by atoms with Crippen LogP contribution >= 0.6 is 23.2 Å². The standard InChI is InChI=1S/C35H36Cl2FN3O5/c1-4-34(5-2,33(45)41-13-12-23(42)18-41)46-29-11-8-20(36)14-25(29)27-17-30(43)40-31(24-16-22(38)9-6-19(24)3)35(27)26-10-7-21(37)15-28(26)39-32(35)44/h6-11,14-16,23,27,31,42H,4-5,12-13,17-18H2,1-3H3,(H,39,44)(H,40,43)/t23-,27+,31-,35+/m1/s1. The topological polar surface area (TPSA) is 108 Å². The highest BCUT2D eigenvalue weighted by atomic mass is 35.5. The third-order valence-electron chi connectivity index (χ3n) is 9.94. The lowest BCUT2D eigenvalue weighted by Crippen LogP contribution is -2.57. The zero-order chi connectivity index (χ0) is 33.0. The van der Waals surface area contributed by atoms with Crippen LogP contribution in [0.1, 0.15) is 73.7 Å². The number of aryl methyl sites for hydroxylation is 1. The van der Waals surface area contributed by atoms with Gasteiger partial charge in [-0.1, -0.05) is 49.2 Å². The lowest BCUT2D eigenvalue weighted by molar-refractivity contribution is -0.148. The summed E-state index contributed by atoms with van der Waals surface area (Å²) in [5.74, 6) is -2.02. The molecule has 3 aromatic rings. The van der Waals surface area contributed by atoms with Gasteiger partial charge < -0.3 is 25.4 Å². The predicted molar refractivity (Wildman–Crippen MR) is 174 cm³/mol. The van der Waals surface area contributed by atoms with Crippen molar-refractivity contribution in [3.05, 3.63) is 92.7 Å². The maximum atomic E-state index is 14.8. The molecule has 2 saturated heterocycles. The van der Waals surface area contributed by atoms with Crippen molar-refractivity contribution in [1.29, 1.82) is 0 Å². The molecule has 0 radical (unpaired) electrons. The van der Waals surface area contributed by atoms with Crippen molar-refractivity contribution >= 4 is 46.6 Å². The lowest BCUT2D eigenvalue weighted by Gasteiger charge is -2.47. The molecule has 3 aliphatic heterocycles. The van der Waals surface area contributed by atoms with E-state index >= 15 is 0 Å². The number of carbonyl (C=O) groups excluding carboxylic acids is 3. The molecule has 3 heterocycles. The number of aliphatic hydroxyl groups excluding tert-OH is 1. The minimum absolute atomic E-state index is 0.117. The number of β-amino-alcohol motifs (C(OH)–C–C–N with tert-alkyl or cyclic N) is 1. The number of halogens is 3. The van der Waals surface area contributed by atoms with Crippen LogP contribution < -0.4 is 15.4 Å². The second-order valence-corrected chi connectivity index (χ2v) is 13.3. The maximum Gasteiger partial charge on any atom is 0.266 e. The van der Waals surface area contributed by atoms with E-state index in [1.54, 1.807) is 54.3 Å². The molecule has 0 bridgehead atoms. The molecule has 3 amide bonds. The van der Waals surface area contributed by atoms with Crippen LogP contribution in [0.2, 0.25) is 10.0 Å². The smallest absolute Gasteiger partial charge is 0.266 e. The van der Waals surface area contributed by atoms with Gasteiger partial charge >= 0.3 is 0 Å². The molecule has 8 nitrogen and oxygen atoms in total. The third-order valence-corrected chi connectivity index (χ3v) is 10.4. The number of nitrogens with zero attached hydrogens (tertiary/aromatic N) is 1. The lowest BCUT2D eigenvalue weighted by atomic mass is 9.59. The average molecular weight is 669 g/mol. The summed E-state index contributed by atoms with van der Waals surface area (Å²) < 4.78 is 21.6. The van der Waals surface area contributed by atoms with Gasteiger partial charge in [0.1, 0.15) is 17.0 Å². The minimum atomic E-state index is -1.47. The molecule has 1 spiro atoms. The van der Waals surface area contributed by atoms with Crippen molar-refractivity contribution in [1.82, 2.24) is 10.2 Å². The van der Waals surface area contributed by atoms with E-state index in [1.165, 1.54) is 12.1 Å². The van der Waals surface area contributed by atoms with Gasteiger partial charge in [-0.25, -0.2) is 4.39 Å². The zero-order valence-corrected chi connectivity index (χ0v) is 27.3. The summed E-state index contributed by atoms with van der Waals surface area (Å²) >= 11 is 13.0. The van der Waals surface area contributed by atoms with E-state index < -0.39 is 40.8 Å². The number of nitrogens with one attached hydrogen (secondary N) is 2. The molecule has 3 N–H and O–H groups in total. The molecule has 2 fully saturated rings. The number of amides is 3. The van der Waals surface area contributed by atoms with Crippen LogP contribution in [-0.4, -0.2) is 52.5 Å². The Hall–Kier alpha value is -3.66. The first-order chi connectivity index (χ1) is 21.9. The van der Waals surface area contributed by atoms with Crippen LogP contribution in [0, 0.1) is 12.7 Å². The van der Waals surface area contributed by atoms with Crippen molar-refractivity contribution in [2.45, 2.75) is 75.5 Å². The zero-order valence-electron chi connectivity index (χ0n) is 25.8. The normalized spacial score (nSPS) is 24.2. The number of ether oxygens (including phenoxy) is 1. The third kappa shape index (κ3) is 5.22. The Morgan fingerprint density at radius 2 is 1.78 bits per heavy atom. The van der Waals surface area contributed by atoms with Crippen molar-refractivity contribution in [2.24, 2.45) is 0 Å². The van der Waals surface area contributed by atoms with Gasteiger partial charge in [0.25, 0.3) is 5.91 Å². The number of aliphatic hydroxyl groups is 1. The Kier molecular flexibility index (Phi) is 8.54. The van der Waals surface area contributed by atoms with Gasteiger partial charge in [-0.3, -0.25) is 14.4 Å². The highest BCUT2D eigenvalue weighted by Crippen LogP contribution is 2.59. The monoisotopic (exact) mass is 667 g/mol. The number of piperidine rings is 1. The van der Waals surface area contributed by atoms with E-state index in [1.807, 2.05) is 13.8 Å². The highest BCUT2D eigenvalue weighted by molar-refractivity contribution is 6.31. The van der Waals surface area contributed by atoms with E-state index in [-0.39, 0.29) is 24.8 Å². The Balaban J connectivity index is 1.56. The average Bonchev–Trinajstić information content (AvgIpc) is 3.58. The van der Waals surface area contributed by atoms with Gasteiger partial charge in [0.15, 0.2) is 5.60 Å². The number of carbonyl (C=O) groups is 3. The molecule has 3 aromatic carbocycles. The molecule has 242 valence electrons. The van der Waals surface area contributed by atoms with Crippen LogP contribution in [0.25, 0.3) is 0 Å². The predicted octanol–water partition coefficient (Wildman–Crippen LogP) is 6.21. The molecule has 6 rings (SSSR count). The second kappa shape index (κ2) is 12.2. The minimum Gasteiger partial charge on any atom is -0.477 e. The highest BCUT2D eigenvalue weighted by Gasteiger charge is 2.62. The summed E-state index contributed by atoms with van der Waals surface area (Å²) in [4.78, 5) is 43.8. The van der Waals surface area contributed by atoms with E-state index in [9.17, 15) is 23.9 Å². The van der Waals surface area contributed by atoms with Crippen LogP contribution in [0.5, 0.6) is 5.75 Å². The van der Waals surface area contributed by atoms with E-state index in [4.69, 9.17) is 27.9 Å². The molecular formula is C35H36Cl2FN3O5. The fourth-order valence-electron chi connectivity index (χ4n) is 7.49. The van der Waals surface area contributed by atoms with Gasteiger partial charge in [0.05, 0.1) is 12.1 Å². The Morgan fingerprint density at radius 3 is 2.48 bits per heavy atom. The van der Waals surface area contributed by atoms with Crippen LogP contribution in [0.3, 0.4) is 0 Å². The molecule has 4 atom stereocenters. The van der Waals surface area contributed by atoms with Gasteiger partial charge in [-0.05, 0) is 85.3 Å². The molecule has 0 unspecified atom stereocenters. The number of likely N-dealkylation sites (tertiary alicyclic amines) is 1. The molecular weight excluding hydrogens is 632 g/mol. The summed E-state index contributed by atoms with van der Waals surface area (Å²) in [6, 6.07) is 13.4. The number of anilines is 1. The Labute approximate surface area is 277 Å². The number of hydrogen-bond acceptors (Lipinski definition) is 5. The largest absolute Gasteiger partial charge is 0.477 e.